The zero-order valence-corrected chi connectivity index (χ0v) is 6.39. The van der Waals surface area contributed by atoms with Gasteiger partial charge >= 0.3 is 0 Å². The van der Waals surface area contributed by atoms with Gasteiger partial charge in [0.1, 0.15) is 6.07 Å². The Hall–Kier alpha value is -0.950. The van der Waals surface area contributed by atoms with Crippen molar-refractivity contribution >= 4 is 15.9 Å². The van der Waals surface area contributed by atoms with Gasteiger partial charge in [-0.05, 0) is 22.0 Å². The van der Waals surface area contributed by atoms with Gasteiger partial charge in [-0.3, -0.25) is 0 Å². The molecule has 0 N–H and O–H groups in total. The first-order valence-corrected chi connectivity index (χ1v) is 3.25. The third-order valence-electron chi connectivity index (χ3n) is 0.948. The second-order valence-corrected chi connectivity index (χ2v) is 2.42. The van der Waals surface area contributed by atoms with Gasteiger partial charge in [-0.25, -0.2) is 9.37 Å². The zero-order chi connectivity index (χ0) is 7.56. The lowest BCUT2D eigenvalue weighted by Crippen LogP contribution is -1.88. The largest absolute Gasteiger partial charge is 0.243 e. The van der Waals surface area contributed by atoms with Crippen LogP contribution in [0, 0.1) is 17.1 Å². The Bertz CT molecular complexity index is 292. The first-order chi connectivity index (χ1) is 4.75. The SMILES string of the molecule is N#Cc1nccc(Br)c1F. The third kappa shape index (κ3) is 1.14. The Kier molecular flexibility index (Phi) is 1.97. The van der Waals surface area contributed by atoms with Crippen LogP contribution in [0.3, 0.4) is 0 Å². The van der Waals surface area contributed by atoms with E-state index >= 15 is 0 Å². The van der Waals surface area contributed by atoms with Crippen LogP contribution in [0.25, 0.3) is 0 Å². The molecular weight excluding hydrogens is 199 g/mol. The van der Waals surface area contributed by atoms with E-state index in [9.17, 15) is 4.39 Å². The molecule has 0 fully saturated rings. The van der Waals surface area contributed by atoms with Crippen molar-refractivity contribution in [2.75, 3.05) is 0 Å². The molecule has 2 nitrogen and oxygen atoms in total. The molecule has 0 aliphatic carbocycles. The van der Waals surface area contributed by atoms with E-state index in [1.807, 2.05) is 0 Å². The molecule has 4 heteroatoms. The van der Waals surface area contributed by atoms with Gasteiger partial charge in [0.15, 0.2) is 11.5 Å². The molecule has 0 spiro atoms. The molecule has 0 unspecified atom stereocenters. The summed E-state index contributed by atoms with van der Waals surface area (Å²) in [6.45, 7) is 0. The van der Waals surface area contributed by atoms with Crippen molar-refractivity contribution in [3.8, 4) is 6.07 Å². The molecule has 10 heavy (non-hydrogen) atoms. The number of hydrogen-bond acceptors (Lipinski definition) is 2. The molecule has 0 aromatic carbocycles. The number of hydrogen-bond donors (Lipinski definition) is 0. The number of rotatable bonds is 0. The van der Waals surface area contributed by atoms with Crippen molar-refractivity contribution in [3.63, 3.8) is 0 Å². The van der Waals surface area contributed by atoms with Gasteiger partial charge in [0.05, 0.1) is 4.47 Å². The second kappa shape index (κ2) is 2.76. The molecule has 0 bridgehead atoms. The van der Waals surface area contributed by atoms with Gasteiger partial charge in [0.2, 0.25) is 0 Å². The minimum atomic E-state index is -0.606. The summed E-state index contributed by atoms with van der Waals surface area (Å²) in [4.78, 5) is 3.49. The van der Waals surface area contributed by atoms with Crippen LogP contribution in [-0.4, -0.2) is 4.98 Å². The van der Waals surface area contributed by atoms with Crippen LogP contribution in [-0.2, 0) is 0 Å². The highest BCUT2D eigenvalue weighted by molar-refractivity contribution is 9.10. The number of aromatic nitrogens is 1. The van der Waals surface area contributed by atoms with Crippen molar-refractivity contribution in [2.45, 2.75) is 0 Å². The summed E-state index contributed by atoms with van der Waals surface area (Å²) in [5.41, 5.74) is -0.186. The highest BCUT2D eigenvalue weighted by atomic mass is 79.9. The maximum Gasteiger partial charge on any atom is 0.177 e. The topological polar surface area (TPSA) is 36.7 Å². The quantitative estimate of drug-likeness (QED) is 0.642. The minimum absolute atomic E-state index is 0.186. The first-order valence-electron chi connectivity index (χ1n) is 2.46. The Morgan fingerprint density at radius 2 is 2.40 bits per heavy atom. The molecule has 0 aliphatic rings. The molecule has 1 aromatic rings. The fourth-order valence-corrected chi connectivity index (χ4v) is 0.804. The van der Waals surface area contributed by atoms with Crippen LogP contribution >= 0.6 is 15.9 Å². The van der Waals surface area contributed by atoms with Gasteiger partial charge < -0.3 is 0 Å². The highest BCUT2D eigenvalue weighted by Gasteiger charge is 2.04. The Morgan fingerprint density at radius 3 is 2.90 bits per heavy atom. The van der Waals surface area contributed by atoms with Crippen LogP contribution in [0.4, 0.5) is 4.39 Å². The maximum absolute atomic E-state index is 12.7. The lowest BCUT2D eigenvalue weighted by Gasteiger charge is -1.92. The lowest BCUT2D eigenvalue weighted by molar-refractivity contribution is 0.609. The Labute approximate surface area is 65.4 Å². The van der Waals surface area contributed by atoms with Crippen molar-refractivity contribution in [3.05, 3.63) is 28.2 Å². The summed E-state index contributed by atoms with van der Waals surface area (Å²) < 4.78 is 12.9. The van der Waals surface area contributed by atoms with E-state index in [1.165, 1.54) is 12.3 Å². The van der Waals surface area contributed by atoms with E-state index < -0.39 is 5.82 Å². The summed E-state index contributed by atoms with van der Waals surface area (Å²) in [5.74, 6) is -0.606. The predicted molar refractivity (Wildman–Crippen MR) is 36.6 cm³/mol. The van der Waals surface area contributed by atoms with E-state index in [2.05, 4.69) is 20.9 Å². The standard InChI is InChI=1S/C6H2BrFN2/c7-4-1-2-10-5(3-9)6(4)8/h1-2H. The first kappa shape index (κ1) is 7.16. The average molecular weight is 201 g/mol. The predicted octanol–water partition coefficient (Wildman–Crippen LogP) is 1.85. The summed E-state index contributed by atoms with van der Waals surface area (Å²) in [6, 6.07) is 3.06. The number of nitriles is 1. The van der Waals surface area contributed by atoms with Gasteiger partial charge in [-0.2, -0.15) is 5.26 Å². The van der Waals surface area contributed by atoms with Gasteiger partial charge in [-0.15, -0.1) is 0 Å². The second-order valence-electron chi connectivity index (χ2n) is 1.57. The van der Waals surface area contributed by atoms with Crippen molar-refractivity contribution in [1.82, 2.24) is 4.98 Å². The van der Waals surface area contributed by atoms with Gasteiger partial charge in [-0.1, -0.05) is 0 Å². The molecule has 0 atom stereocenters. The van der Waals surface area contributed by atoms with Crippen LogP contribution < -0.4 is 0 Å². The fraction of sp³-hybridized carbons (Fsp3) is 0. The molecule has 0 saturated heterocycles. The van der Waals surface area contributed by atoms with Crippen molar-refractivity contribution < 1.29 is 4.39 Å². The summed E-state index contributed by atoms with van der Waals surface area (Å²) >= 11 is 2.92. The van der Waals surface area contributed by atoms with Crippen LogP contribution in [0.1, 0.15) is 5.69 Å². The van der Waals surface area contributed by atoms with Crippen LogP contribution in [0.2, 0.25) is 0 Å². The van der Waals surface area contributed by atoms with E-state index in [0.717, 1.165) is 0 Å². The third-order valence-corrected chi connectivity index (χ3v) is 1.56. The van der Waals surface area contributed by atoms with Crippen LogP contribution in [0.15, 0.2) is 16.7 Å². The normalized spacial score (nSPS) is 8.90. The smallest absolute Gasteiger partial charge is 0.177 e. The fourth-order valence-electron chi connectivity index (χ4n) is 0.498. The van der Waals surface area contributed by atoms with E-state index in [4.69, 9.17) is 5.26 Å². The van der Waals surface area contributed by atoms with E-state index in [1.54, 1.807) is 6.07 Å². The molecule has 1 aromatic heterocycles. The highest BCUT2D eigenvalue weighted by Crippen LogP contribution is 2.15. The summed E-state index contributed by atoms with van der Waals surface area (Å²) in [7, 11) is 0. The van der Waals surface area contributed by atoms with E-state index in [-0.39, 0.29) is 10.2 Å². The van der Waals surface area contributed by atoms with Gasteiger partial charge in [0, 0.05) is 6.20 Å². The van der Waals surface area contributed by atoms with Crippen molar-refractivity contribution in [2.24, 2.45) is 0 Å². The lowest BCUT2D eigenvalue weighted by atomic mass is 10.4. The molecule has 1 heterocycles. The molecule has 0 aliphatic heterocycles. The molecule has 0 saturated carbocycles. The molecule has 0 amide bonds. The number of pyridine rings is 1. The zero-order valence-electron chi connectivity index (χ0n) is 4.81. The number of halogens is 2. The van der Waals surface area contributed by atoms with Crippen molar-refractivity contribution in [1.29, 1.82) is 5.26 Å². The average Bonchev–Trinajstić information content (AvgIpc) is 1.95. The summed E-state index contributed by atoms with van der Waals surface area (Å²) in [5, 5.41) is 8.27. The molecule has 50 valence electrons. The minimum Gasteiger partial charge on any atom is -0.243 e. The van der Waals surface area contributed by atoms with Crippen LogP contribution in [0.5, 0.6) is 0 Å². The molecule has 1 rings (SSSR count). The number of nitrogens with zero attached hydrogens (tertiary/aromatic N) is 2. The Morgan fingerprint density at radius 1 is 1.70 bits per heavy atom. The maximum atomic E-state index is 12.7. The monoisotopic (exact) mass is 200 g/mol. The molecular formula is C6H2BrFN2. The Balaban J connectivity index is 3.31. The molecule has 0 radical (unpaired) electrons. The van der Waals surface area contributed by atoms with Gasteiger partial charge in [0.25, 0.3) is 0 Å². The van der Waals surface area contributed by atoms with E-state index in [0.29, 0.717) is 0 Å². The summed E-state index contributed by atoms with van der Waals surface area (Å²) in [6.07, 6.45) is 1.37.